The van der Waals surface area contributed by atoms with Crippen molar-refractivity contribution in [3.63, 3.8) is 0 Å². The van der Waals surface area contributed by atoms with E-state index in [1.54, 1.807) is 11.9 Å². The summed E-state index contributed by atoms with van der Waals surface area (Å²) in [5.41, 5.74) is 5.39. The monoisotopic (exact) mass is 188 g/mol. The summed E-state index contributed by atoms with van der Waals surface area (Å²) in [7, 11) is 1.77. The summed E-state index contributed by atoms with van der Waals surface area (Å²) in [5, 5.41) is 0. The molecule has 0 aromatic heterocycles. The van der Waals surface area contributed by atoms with Crippen LogP contribution in [0.5, 0.6) is 0 Å². The number of amides is 1. The van der Waals surface area contributed by atoms with Crippen molar-refractivity contribution in [1.29, 1.82) is 0 Å². The summed E-state index contributed by atoms with van der Waals surface area (Å²) in [4.78, 5) is 13.1. The summed E-state index contributed by atoms with van der Waals surface area (Å²) in [6, 6.07) is 0. The number of nitrogens with zero attached hydrogens (tertiary/aromatic N) is 1. The van der Waals surface area contributed by atoms with Gasteiger partial charge in [0.15, 0.2) is 0 Å². The maximum absolute atomic E-state index is 11.5. The molecule has 0 aliphatic rings. The zero-order valence-corrected chi connectivity index (χ0v) is 8.75. The second-order valence-electron chi connectivity index (χ2n) is 3.09. The second kappa shape index (κ2) is 6.86. The van der Waals surface area contributed by atoms with Gasteiger partial charge in [0, 0.05) is 32.7 Å². The van der Waals surface area contributed by atoms with E-state index in [1.807, 2.05) is 13.8 Å². The summed E-state index contributed by atoms with van der Waals surface area (Å²) in [6.45, 7) is 6.09. The molecule has 1 atom stereocenters. The first-order valence-corrected chi connectivity index (χ1v) is 4.66. The SMILES string of the molecule is CCOCCN(C)C(=O)C(C)CN. The quantitative estimate of drug-likeness (QED) is 0.600. The standard InChI is InChI=1S/C9H20N2O2/c1-4-13-6-5-11(3)9(12)8(2)7-10/h8H,4-7,10H2,1-3H3. The minimum atomic E-state index is -0.0911. The predicted molar refractivity (Wildman–Crippen MR) is 52.3 cm³/mol. The fourth-order valence-electron chi connectivity index (χ4n) is 0.933. The molecule has 0 saturated heterocycles. The van der Waals surface area contributed by atoms with Gasteiger partial charge in [-0.3, -0.25) is 4.79 Å². The number of rotatable bonds is 6. The van der Waals surface area contributed by atoms with Gasteiger partial charge >= 0.3 is 0 Å². The van der Waals surface area contributed by atoms with Crippen LogP contribution in [0.25, 0.3) is 0 Å². The Hall–Kier alpha value is -0.610. The highest BCUT2D eigenvalue weighted by Gasteiger charge is 2.14. The van der Waals surface area contributed by atoms with Gasteiger partial charge in [-0.05, 0) is 6.92 Å². The Labute approximate surface area is 80.0 Å². The van der Waals surface area contributed by atoms with Crippen molar-refractivity contribution in [2.75, 3.05) is 33.4 Å². The van der Waals surface area contributed by atoms with Crippen molar-refractivity contribution in [1.82, 2.24) is 4.90 Å². The van der Waals surface area contributed by atoms with Gasteiger partial charge in [0.2, 0.25) is 5.91 Å². The largest absolute Gasteiger partial charge is 0.380 e. The fraction of sp³-hybridized carbons (Fsp3) is 0.889. The Morgan fingerprint density at radius 1 is 1.62 bits per heavy atom. The van der Waals surface area contributed by atoms with Crippen molar-refractivity contribution < 1.29 is 9.53 Å². The van der Waals surface area contributed by atoms with E-state index in [-0.39, 0.29) is 11.8 Å². The molecule has 0 aromatic rings. The smallest absolute Gasteiger partial charge is 0.226 e. The maximum atomic E-state index is 11.5. The molecule has 1 unspecified atom stereocenters. The molecular weight excluding hydrogens is 168 g/mol. The van der Waals surface area contributed by atoms with Crippen LogP contribution in [0.2, 0.25) is 0 Å². The highest BCUT2D eigenvalue weighted by molar-refractivity contribution is 5.78. The number of carbonyl (C=O) groups is 1. The van der Waals surface area contributed by atoms with Crippen LogP contribution >= 0.6 is 0 Å². The molecule has 0 fully saturated rings. The van der Waals surface area contributed by atoms with Crippen LogP contribution in [-0.4, -0.2) is 44.2 Å². The Kier molecular flexibility index (Phi) is 6.54. The molecule has 0 bridgehead atoms. The van der Waals surface area contributed by atoms with Crippen LogP contribution in [-0.2, 0) is 9.53 Å². The summed E-state index contributed by atoms with van der Waals surface area (Å²) in [5.74, 6) is -0.00571. The Morgan fingerprint density at radius 3 is 2.69 bits per heavy atom. The van der Waals surface area contributed by atoms with E-state index in [0.717, 1.165) is 0 Å². The van der Waals surface area contributed by atoms with E-state index >= 15 is 0 Å². The van der Waals surface area contributed by atoms with E-state index < -0.39 is 0 Å². The third kappa shape index (κ3) is 4.85. The lowest BCUT2D eigenvalue weighted by atomic mass is 10.1. The minimum Gasteiger partial charge on any atom is -0.380 e. The molecule has 4 heteroatoms. The van der Waals surface area contributed by atoms with Gasteiger partial charge in [-0.25, -0.2) is 0 Å². The highest BCUT2D eigenvalue weighted by atomic mass is 16.5. The fourth-order valence-corrected chi connectivity index (χ4v) is 0.933. The molecule has 0 radical (unpaired) electrons. The van der Waals surface area contributed by atoms with E-state index in [9.17, 15) is 4.79 Å². The van der Waals surface area contributed by atoms with Crippen molar-refractivity contribution in [3.05, 3.63) is 0 Å². The minimum absolute atomic E-state index is 0.0854. The van der Waals surface area contributed by atoms with Crippen LogP contribution in [0.4, 0.5) is 0 Å². The summed E-state index contributed by atoms with van der Waals surface area (Å²) in [6.07, 6.45) is 0. The van der Waals surface area contributed by atoms with Crippen molar-refractivity contribution in [2.45, 2.75) is 13.8 Å². The van der Waals surface area contributed by atoms with E-state index in [1.165, 1.54) is 0 Å². The number of nitrogens with two attached hydrogens (primary N) is 1. The number of ether oxygens (including phenoxy) is 1. The van der Waals surface area contributed by atoms with Gasteiger partial charge in [-0.15, -0.1) is 0 Å². The first kappa shape index (κ1) is 12.4. The average Bonchev–Trinajstić information content (AvgIpc) is 2.15. The summed E-state index contributed by atoms with van der Waals surface area (Å²) < 4.78 is 5.14. The molecule has 0 rings (SSSR count). The van der Waals surface area contributed by atoms with E-state index in [4.69, 9.17) is 10.5 Å². The molecule has 0 aromatic carbocycles. The van der Waals surface area contributed by atoms with E-state index in [0.29, 0.717) is 26.3 Å². The zero-order valence-electron chi connectivity index (χ0n) is 8.75. The molecule has 4 nitrogen and oxygen atoms in total. The van der Waals surface area contributed by atoms with Crippen LogP contribution < -0.4 is 5.73 Å². The first-order chi connectivity index (χ1) is 6.13. The molecular formula is C9H20N2O2. The van der Waals surface area contributed by atoms with Gasteiger partial charge < -0.3 is 15.4 Å². The third-order valence-corrected chi connectivity index (χ3v) is 1.93. The molecule has 0 aliphatic carbocycles. The predicted octanol–water partition coefficient (Wildman–Crippen LogP) is 0.0761. The van der Waals surface area contributed by atoms with Crippen LogP contribution in [0.15, 0.2) is 0 Å². The topological polar surface area (TPSA) is 55.6 Å². The maximum Gasteiger partial charge on any atom is 0.226 e. The number of carbonyl (C=O) groups excluding carboxylic acids is 1. The van der Waals surface area contributed by atoms with Crippen molar-refractivity contribution >= 4 is 5.91 Å². The molecule has 78 valence electrons. The van der Waals surface area contributed by atoms with Gasteiger partial charge in [-0.1, -0.05) is 6.92 Å². The third-order valence-electron chi connectivity index (χ3n) is 1.93. The molecule has 2 N–H and O–H groups in total. The van der Waals surface area contributed by atoms with Gasteiger partial charge in [0.1, 0.15) is 0 Å². The van der Waals surface area contributed by atoms with Gasteiger partial charge in [0.05, 0.1) is 6.61 Å². The lowest BCUT2D eigenvalue weighted by Crippen LogP contribution is -2.37. The molecule has 1 amide bonds. The molecule has 0 spiro atoms. The Morgan fingerprint density at radius 2 is 2.23 bits per heavy atom. The van der Waals surface area contributed by atoms with Gasteiger partial charge in [0.25, 0.3) is 0 Å². The number of hydrogen-bond donors (Lipinski definition) is 1. The highest BCUT2D eigenvalue weighted by Crippen LogP contribution is 1.97. The van der Waals surface area contributed by atoms with Crippen molar-refractivity contribution in [2.24, 2.45) is 11.7 Å². The molecule has 13 heavy (non-hydrogen) atoms. The zero-order chi connectivity index (χ0) is 10.3. The summed E-state index contributed by atoms with van der Waals surface area (Å²) >= 11 is 0. The Bertz CT molecular complexity index is 151. The lowest BCUT2D eigenvalue weighted by Gasteiger charge is -2.20. The van der Waals surface area contributed by atoms with Crippen LogP contribution in [0, 0.1) is 5.92 Å². The number of hydrogen-bond acceptors (Lipinski definition) is 3. The molecule has 0 saturated carbocycles. The number of likely N-dealkylation sites (N-methyl/N-ethyl adjacent to an activating group) is 1. The van der Waals surface area contributed by atoms with Gasteiger partial charge in [-0.2, -0.15) is 0 Å². The lowest BCUT2D eigenvalue weighted by molar-refractivity contribution is -0.134. The van der Waals surface area contributed by atoms with E-state index in [2.05, 4.69) is 0 Å². The Balaban J connectivity index is 3.69. The van der Waals surface area contributed by atoms with Crippen LogP contribution in [0.1, 0.15) is 13.8 Å². The molecule has 0 aliphatic heterocycles. The van der Waals surface area contributed by atoms with Crippen LogP contribution in [0.3, 0.4) is 0 Å². The first-order valence-electron chi connectivity index (χ1n) is 4.66. The average molecular weight is 188 g/mol. The molecule has 0 heterocycles. The normalized spacial score (nSPS) is 12.6. The van der Waals surface area contributed by atoms with Crippen molar-refractivity contribution in [3.8, 4) is 0 Å². The second-order valence-corrected chi connectivity index (χ2v) is 3.09.